The van der Waals surface area contributed by atoms with Crippen molar-refractivity contribution >= 4 is 17.3 Å². The number of para-hydroxylation sites is 1. The summed E-state index contributed by atoms with van der Waals surface area (Å²) in [6, 6.07) is 7.88. The van der Waals surface area contributed by atoms with Crippen LogP contribution < -0.4 is 4.90 Å². The Bertz CT molecular complexity index is 499. The Balaban J connectivity index is 2.55. The molecule has 0 amide bonds. The van der Waals surface area contributed by atoms with Crippen LogP contribution in [0, 0.1) is 0 Å². The summed E-state index contributed by atoms with van der Waals surface area (Å²) in [6.45, 7) is 0. The number of hydrogen-bond donors (Lipinski definition) is 0. The molecule has 1 aromatic heterocycles. The van der Waals surface area contributed by atoms with Crippen molar-refractivity contribution in [1.29, 1.82) is 0 Å². The third-order valence-corrected chi connectivity index (χ3v) is 2.35. The number of hydrogen-bond acceptors (Lipinski definition) is 4. The van der Waals surface area contributed by atoms with Crippen LogP contribution in [0.1, 0.15) is 0 Å². The minimum Gasteiger partial charge on any atom is -0.377 e. The Morgan fingerprint density at radius 2 is 1.88 bits per heavy atom. The molecule has 0 unspecified atom stereocenters. The summed E-state index contributed by atoms with van der Waals surface area (Å²) >= 11 is 5.75. The molecule has 2 aromatic rings. The first-order valence-electron chi connectivity index (χ1n) is 4.80. The van der Waals surface area contributed by atoms with E-state index in [9.17, 15) is 0 Å². The lowest BCUT2D eigenvalue weighted by molar-refractivity contribution is 1.05. The molecule has 0 aliphatic carbocycles. The van der Waals surface area contributed by atoms with Crippen LogP contribution in [0.3, 0.4) is 0 Å². The highest BCUT2D eigenvalue weighted by molar-refractivity contribution is 6.28. The maximum Gasteiger partial charge on any atom is 0.225 e. The van der Waals surface area contributed by atoms with Crippen molar-refractivity contribution in [2.24, 2.45) is 0 Å². The average molecular weight is 235 g/mol. The second-order valence-electron chi connectivity index (χ2n) is 3.49. The number of nitrogens with zero attached hydrogens (tertiary/aromatic N) is 4. The van der Waals surface area contributed by atoms with Crippen molar-refractivity contribution in [3.8, 4) is 11.4 Å². The lowest BCUT2D eigenvalue weighted by atomic mass is 10.1. The zero-order valence-corrected chi connectivity index (χ0v) is 9.81. The number of anilines is 1. The SMILES string of the molecule is CN(C)c1ccccc1-c1ncnc(Cl)n1. The van der Waals surface area contributed by atoms with Crippen LogP contribution in [0.25, 0.3) is 11.4 Å². The van der Waals surface area contributed by atoms with Gasteiger partial charge in [0.1, 0.15) is 6.33 Å². The van der Waals surface area contributed by atoms with Gasteiger partial charge in [0.05, 0.1) is 0 Å². The lowest BCUT2D eigenvalue weighted by Crippen LogP contribution is -2.10. The normalized spacial score (nSPS) is 10.2. The average Bonchev–Trinajstić information content (AvgIpc) is 2.29. The van der Waals surface area contributed by atoms with Gasteiger partial charge >= 0.3 is 0 Å². The van der Waals surface area contributed by atoms with E-state index in [1.54, 1.807) is 0 Å². The summed E-state index contributed by atoms with van der Waals surface area (Å²) < 4.78 is 0. The molecule has 1 heterocycles. The summed E-state index contributed by atoms with van der Waals surface area (Å²) in [5, 5.41) is 0.207. The fourth-order valence-electron chi connectivity index (χ4n) is 1.46. The van der Waals surface area contributed by atoms with Crippen LogP contribution in [-0.2, 0) is 0 Å². The number of rotatable bonds is 2. The maximum atomic E-state index is 5.75. The highest BCUT2D eigenvalue weighted by Gasteiger charge is 2.09. The minimum atomic E-state index is 0.207. The number of halogens is 1. The van der Waals surface area contributed by atoms with E-state index in [1.807, 2.05) is 43.3 Å². The summed E-state index contributed by atoms with van der Waals surface area (Å²) in [7, 11) is 3.95. The summed E-state index contributed by atoms with van der Waals surface area (Å²) in [4.78, 5) is 14.0. The Labute approximate surface area is 98.9 Å². The van der Waals surface area contributed by atoms with Gasteiger partial charge in [-0.2, -0.15) is 4.98 Å². The van der Waals surface area contributed by atoms with Crippen LogP contribution in [-0.4, -0.2) is 29.0 Å². The highest BCUT2D eigenvalue weighted by atomic mass is 35.5. The molecule has 0 aliphatic heterocycles. The van der Waals surface area contributed by atoms with Crippen LogP contribution in [0.15, 0.2) is 30.6 Å². The van der Waals surface area contributed by atoms with Gasteiger partial charge < -0.3 is 4.90 Å². The van der Waals surface area contributed by atoms with Gasteiger partial charge in [-0.05, 0) is 23.7 Å². The highest BCUT2D eigenvalue weighted by Crippen LogP contribution is 2.26. The van der Waals surface area contributed by atoms with E-state index in [-0.39, 0.29) is 5.28 Å². The monoisotopic (exact) mass is 234 g/mol. The Morgan fingerprint density at radius 3 is 2.56 bits per heavy atom. The van der Waals surface area contributed by atoms with Gasteiger partial charge in [0.25, 0.3) is 0 Å². The van der Waals surface area contributed by atoms with Crippen molar-refractivity contribution in [2.45, 2.75) is 0 Å². The molecule has 0 fully saturated rings. The first-order chi connectivity index (χ1) is 7.68. The molecule has 0 atom stereocenters. The summed E-state index contributed by atoms with van der Waals surface area (Å²) in [5.74, 6) is 0.587. The topological polar surface area (TPSA) is 41.9 Å². The molecule has 0 aliphatic rings. The number of benzene rings is 1. The van der Waals surface area contributed by atoms with Gasteiger partial charge in [-0.15, -0.1) is 0 Å². The van der Waals surface area contributed by atoms with Gasteiger partial charge in [-0.25, -0.2) is 9.97 Å². The molecule has 2 rings (SSSR count). The molecule has 0 bridgehead atoms. The van der Waals surface area contributed by atoms with Crippen molar-refractivity contribution in [2.75, 3.05) is 19.0 Å². The van der Waals surface area contributed by atoms with E-state index in [0.717, 1.165) is 11.3 Å². The van der Waals surface area contributed by atoms with E-state index in [2.05, 4.69) is 15.0 Å². The molecule has 0 saturated carbocycles. The van der Waals surface area contributed by atoms with Gasteiger partial charge in [0.15, 0.2) is 5.82 Å². The molecule has 82 valence electrons. The molecular weight excluding hydrogens is 224 g/mol. The fraction of sp³-hybridized carbons (Fsp3) is 0.182. The predicted octanol–water partition coefficient (Wildman–Crippen LogP) is 2.26. The molecule has 16 heavy (non-hydrogen) atoms. The van der Waals surface area contributed by atoms with Gasteiger partial charge in [-0.1, -0.05) is 12.1 Å². The van der Waals surface area contributed by atoms with E-state index >= 15 is 0 Å². The zero-order chi connectivity index (χ0) is 11.5. The molecule has 1 aromatic carbocycles. The van der Waals surface area contributed by atoms with E-state index in [0.29, 0.717) is 5.82 Å². The van der Waals surface area contributed by atoms with Crippen LogP contribution in [0.2, 0.25) is 5.28 Å². The second kappa shape index (κ2) is 4.45. The van der Waals surface area contributed by atoms with Crippen LogP contribution in [0.4, 0.5) is 5.69 Å². The summed E-state index contributed by atoms with van der Waals surface area (Å²) in [5.41, 5.74) is 1.99. The van der Waals surface area contributed by atoms with Crippen molar-refractivity contribution in [3.63, 3.8) is 0 Å². The Hall–Kier alpha value is -1.68. The second-order valence-corrected chi connectivity index (χ2v) is 3.83. The zero-order valence-electron chi connectivity index (χ0n) is 9.05. The molecule has 4 nitrogen and oxygen atoms in total. The number of aromatic nitrogens is 3. The van der Waals surface area contributed by atoms with E-state index in [1.165, 1.54) is 6.33 Å². The molecule has 0 spiro atoms. The molecular formula is C11H11ClN4. The first-order valence-corrected chi connectivity index (χ1v) is 5.17. The largest absolute Gasteiger partial charge is 0.377 e. The Kier molecular flexibility index (Phi) is 3.01. The first kappa shape index (κ1) is 10.8. The van der Waals surface area contributed by atoms with Crippen molar-refractivity contribution in [3.05, 3.63) is 35.9 Å². The van der Waals surface area contributed by atoms with E-state index in [4.69, 9.17) is 11.6 Å². The smallest absolute Gasteiger partial charge is 0.225 e. The third kappa shape index (κ3) is 2.12. The standard InChI is InChI=1S/C11H11ClN4/c1-16(2)9-6-4-3-5-8(9)10-13-7-14-11(12)15-10/h3-7H,1-2H3. The minimum absolute atomic E-state index is 0.207. The van der Waals surface area contributed by atoms with Crippen LogP contribution >= 0.6 is 11.6 Å². The van der Waals surface area contributed by atoms with E-state index < -0.39 is 0 Å². The van der Waals surface area contributed by atoms with Crippen LogP contribution in [0.5, 0.6) is 0 Å². The predicted molar refractivity (Wildman–Crippen MR) is 64.6 cm³/mol. The van der Waals surface area contributed by atoms with Gasteiger partial charge in [0, 0.05) is 25.3 Å². The molecule has 0 N–H and O–H groups in total. The molecule has 0 saturated heterocycles. The summed E-state index contributed by atoms with van der Waals surface area (Å²) in [6.07, 6.45) is 1.41. The molecule has 5 heteroatoms. The maximum absolute atomic E-state index is 5.75. The quantitative estimate of drug-likeness (QED) is 0.799. The van der Waals surface area contributed by atoms with Crippen molar-refractivity contribution in [1.82, 2.24) is 15.0 Å². The fourth-order valence-corrected chi connectivity index (χ4v) is 1.58. The Morgan fingerprint density at radius 1 is 1.12 bits per heavy atom. The lowest BCUT2D eigenvalue weighted by Gasteiger charge is -2.16. The third-order valence-electron chi connectivity index (χ3n) is 2.17. The van der Waals surface area contributed by atoms with Crippen molar-refractivity contribution < 1.29 is 0 Å². The van der Waals surface area contributed by atoms with Gasteiger partial charge in [0.2, 0.25) is 5.28 Å². The van der Waals surface area contributed by atoms with Gasteiger partial charge in [-0.3, -0.25) is 0 Å². The molecule has 0 radical (unpaired) electrons.